The van der Waals surface area contributed by atoms with Crippen molar-refractivity contribution in [2.24, 2.45) is 11.5 Å². The van der Waals surface area contributed by atoms with Crippen molar-refractivity contribution >= 4 is 33.4 Å². The minimum atomic E-state index is 0.238. The van der Waals surface area contributed by atoms with Crippen LogP contribution in [0.25, 0.3) is 50.0 Å². The summed E-state index contributed by atoms with van der Waals surface area (Å²) in [6, 6.07) is 24.0. The number of aromatic nitrogens is 3. The molecule has 36 heavy (non-hydrogen) atoms. The molecule has 7 N–H and O–H groups in total. The molecule has 7 heteroatoms. The standard InChI is InChI=1S/C29H25N7/c1-16-6-11-24-23(12-16)35-29-21(15-32)25(20(14-31)28(33)36(24)29)26-19-4-2-3-5-22(19)34-27(26)18-9-7-17(13-30)8-10-18/h2-12,34H,14-15,31-33H2,1H3. The average molecular weight is 472 g/mol. The molecule has 0 aliphatic carbocycles. The van der Waals surface area contributed by atoms with E-state index in [0.29, 0.717) is 11.4 Å². The van der Waals surface area contributed by atoms with Crippen molar-refractivity contribution in [3.05, 3.63) is 89.0 Å². The van der Waals surface area contributed by atoms with Crippen LogP contribution in [-0.2, 0) is 13.1 Å². The van der Waals surface area contributed by atoms with Crippen LogP contribution in [0.4, 0.5) is 5.82 Å². The van der Waals surface area contributed by atoms with E-state index < -0.39 is 0 Å². The largest absolute Gasteiger partial charge is 0.384 e. The minimum Gasteiger partial charge on any atom is -0.384 e. The molecule has 0 spiro atoms. The number of fused-ring (bicyclic) bond motifs is 4. The van der Waals surface area contributed by atoms with E-state index in [9.17, 15) is 5.26 Å². The Morgan fingerprint density at radius 2 is 1.69 bits per heavy atom. The average Bonchev–Trinajstić information content (AvgIpc) is 3.47. The molecule has 0 amide bonds. The van der Waals surface area contributed by atoms with Crippen LogP contribution in [0.1, 0.15) is 22.3 Å². The maximum Gasteiger partial charge on any atom is 0.144 e. The van der Waals surface area contributed by atoms with Gasteiger partial charge in [-0.15, -0.1) is 0 Å². The molecule has 0 saturated carbocycles. The number of anilines is 1. The van der Waals surface area contributed by atoms with Crippen LogP contribution < -0.4 is 17.2 Å². The first kappa shape index (κ1) is 21.9. The number of hydrogen-bond acceptors (Lipinski definition) is 5. The highest BCUT2D eigenvalue weighted by Crippen LogP contribution is 2.44. The highest BCUT2D eigenvalue weighted by Gasteiger charge is 2.26. The fraction of sp³-hybridized carbons (Fsp3) is 0.103. The number of nitriles is 1. The molecule has 176 valence electrons. The number of nitrogens with two attached hydrogens (primary N) is 3. The summed E-state index contributed by atoms with van der Waals surface area (Å²) in [4.78, 5) is 8.56. The van der Waals surface area contributed by atoms with Crippen LogP contribution in [0.5, 0.6) is 0 Å². The molecule has 6 aromatic rings. The van der Waals surface area contributed by atoms with E-state index in [1.807, 2.05) is 59.9 Å². The molecule has 7 nitrogen and oxygen atoms in total. The second-order valence-corrected chi connectivity index (χ2v) is 9.00. The molecule has 0 unspecified atom stereocenters. The lowest BCUT2D eigenvalue weighted by Gasteiger charge is -2.19. The smallest absolute Gasteiger partial charge is 0.144 e. The fourth-order valence-electron chi connectivity index (χ4n) is 5.22. The van der Waals surface area contributed by atoms with Gasteiger partial charge in [-0.05, 0) is 48.4 Å². The number of rotatable bonds is 4. The lowest BCUT2D eigenvalue weighted by atomic mass is 9.91. The normalized spacial score (nSPS) is 11.5. The molecule has 6 rings (SSSR count). The third-order valence-electron chi connectivity index (χ3n) is 6.90. The molecule has 0 saturated heterocycles. The summed E-state index contributed by atoms with van der Waals surface area (Å²) in [5.74, 6) is 0.558. The Labute approximate surface area is 207 Å². The monoisotopic (exact) mass is 471 g/mol. The summed E-state index contributed by atoms with van der Waals surface area (Å²) in [5.41, 5.74) is 30.4. The van der Waals surface area contributed by atoms with E-state index in [1.165, 1.54) is 0 Å². The Bertz CT molecular complexity index is 1830. The van der Waals surface area contributed by atoms with Gasteiger partial charge in [0.1, 0.15) is 11.5 Å². The van der Waals surface area contributed by atoms with Crippen LogP contribution >= 0.6 is 0 Å². The van der Waals surface area contributed by atoms with Gasteiger partial charge in [-0.1, -0.05) is 36.4 Å². The highest BCUT2D eigenvalue weighted by molar-refractivity contribution is 6.07. The first-order chi connectivity index (χ1) is 17.5. The van der Waals surface area contributed by atoms with E-state index in [-0.39, 0.29) is 13.1 Å². The van der Waals surface area contributed by atoms with E-state index in [0.717, 1.165) is 66.7 Å². The van der Waals surface area contributed by atoms with Crippen molar-refractivity contribution < 1.29 is 0 Å². The molecule has 0 bridgehead atoms. The Morgan fingerprint density at radius 3 is 2.42 bits per heavy atom. The minimum absolute atomic E-state index is 0.238. The van der Waals surface area contributed by atoms with E-state index >= 15 is 0 Å². The number of hydrogen-bond donors (Lipinski definition) is 4. The highest BCUT2D eigenvalue weighted by atomic mass is 15.1. The molecular formula is C29H25N7. The number of pyridine rings is 1. The number of benzene rings is 3. The number of H-pyrrole nitrogens is 1. The second kappa shape index (κ2) is 8.24. The Hall–Kier alpha value is -4.64. The van der Waals surface area contributed by atoms with Gasteiger partial charge in [-0.2, -0.15) is 5.26 Å². The van der Waals surface area contributed by atoms with Crippen molar-refractivity contribution in [3.63, 3.8) is 0 Å². The molecular weight excluding hydrogens is 446 g/mol. The lowest BCUT2D eigenvalue weighted by Crippen LogP contribution is -2.14. The summed E-state index contributed by atoms with van der Waals surface area (Å²) in [6.45, 7) is 2.55. The van der Waals surface area contributed by atoms with Crippen LogP contribution in [0, 0.1) is 18.3 Å². The predicted octanol–water partition coefficient (Wildman–Crippen LogP) is 4.98. The maximum absolute atomic E-state index is 9.28. The fourth-order valence-corrected chi connectivity index (χ4v) is 5.22. The molecule has 3 heterocycles. The quantitative estimate of drug-likeness (QED) is 0.287. The van der Waals surface area contributed by atoms with Gasteiger partial charge in [0, 0.05) is 46.2 Å². The molecule has 0 atom stereocenters. The maximum atomic E-state index is 9.28. The molecule has 3 aromatic heterocycles. The van der Waals surface area contributed by atoms with Crippen molar-refractivity contribution in [2.45, 2.75) is 20.0 Å². The number of nitrogens with zero attached hydrogens (tertiary/aromatic N) is 3. The first-order valence-corrected chi connectivity index (χ1v) is 11.8. The van der Waals surface area contributed by atoms with Gasteiger partial charge in [-0.3, -0.25) is 4.40 Å². The van der Waals surface area contributed by atoms with Crippen molar-refractivity contribution in [1.82, 2.24) is 14.4 Å². The van der Waals surface area contributed by atoms with E-state index in [2.05, 4.69) is 29.3 Å². The Kier molecular flexibility index (Phi) is 5.00. The number of aryl methyl sites for hydroxylation is 1. The van der Waals surface area contributed by atoms with Gasteiger partial charge in [0.25, 0.3) is 0 Å². The zero-order valence-electron chi connectivity index (χ0n) is 19.8. The predicted molar refractivity (Wildman–Crippen MR) is 145 cm³/mol. The van der Waals surface area contributed by atoms with Gasteiger partial charge in [0.2, 0.25) is 0 Å². The second-order valence-electron chi connectivity index (χ2n) is 9.00. The van der Waals surface area contributed by atoms with Gasteiger partial charge in [0.05, 0.1) is 28.4 Å². The van der Waals surface area contributed by atoms with E-state index in [1.54, 1.807) is 0 Å². The topological polar surface area (TPSA) is 135 Å². The van der Waals surface area contributed by atoms with E-state index in [4.69, 9.17) is 22.2 Å². The zero-order chi connectivity index (χ0) is 25.0. The summed E-state index contributed by atoms with van der Waals surface area (Å²) >= 11 is 0. The van der Waals surface area contributed by atoms with Crippen molar-refractivity contribution in [3.8, 4) is 28.5 Å². The van der Waals surface area contributed by atoms with Crippen molar-refractivity contribution in [2.75, 3.05) is 5.73 Å². The molecule has 0 fully saturated rings. The lowest BCUT2D eigenvalue weighted by molar-refractivity contribution is 1.00. The van der Waals surface area contributed by atoms with Gasteiger partial charge >= 0.3 is 0 Å². The number of nitrogen functional groups attached to an aromatic ring is 1. The van der Waals surface area contributed by atoms with Crippen LogP contribution in [0.3, 0.4) is 0 Å². The third kappa shape index (κ3) is 3.09. The molecule has 0 aliphatic rings. The van der Waals surface area contributed by atoms with Crippen LogP contribution in [-0.4, -0.2) is 14.4 Å². The molecule has 3 aromatic carbocycles. The summed E-state index contributed by atoms with van der Waals surface area (Å²) in [5, 5.41) is 10.3. The number of imidazole rings is 1. The van der Waals surface area contributed by atoms with Gasteiger partial charge in [0.15, 0.2) is 0 Å². The zero-order valence-corrected chi connectivity index (χ0v) is 19.8. The SMILES string of the molecule is Cc1ccc2c(c1)nc1c(CN)c(-c3c(-c4ccc(C#N)cc4)[nH]c4ccccc34)c(CN)c(N)n12. The number of para-hydroxylation sites is 1. The van der Waals surface area contributed by atoms with Crippen LogP contribution in [0.2, 0.25) is 0 Å². The summed E-state index contributed by atoms with van der Waals surface area (Å²) in [6.07, 6.45) is 0. The third-order valence-corrected chi connectivity index (χ3v) is 6.90. The van der Waals surface area contributed by atoms with Crippen molar-refractivity contribution in [1.29, 1.82) is 5.26 Å². The van der Waals surface area contributed by atoms with Gasteiger partial charge < -0.3 is 22.2 Å². The van der Waals surface area contributed by atoms with Crippen LogP contribution in [0.15, 0.2) is 66.7 Å². The van der Waals surface area contributed by atoms with Gasteiger partial charge in [-0.25, -0.2) is 4.98 Å². The molecule has 0 radical (unpaired) electrons. The summed E-state index contributed by atoms with van der Waals surface area (Å²) in [7, 11) is 0. The number of aromatic amines is 1. The summed E-state index contributed by atoms with van der Waals surface area (Å²) < 4.78 is 1.97. The Balaban J connectivity index is 1.78. The number of nitrogens with one attached hydrogen (secondary N) is 1. The Morgan fingerprint density at radius 1 is 0.944 bits per heavy atom. The first-order valence-electron chi connectivity index (χ1n) is 11.8. The molecule has 0 aliphatic heterocycles.